The number of carbonyl (C=O) groups excluding carboxylic acids is 1. The summed E-state index contributed by atoms with van der Waals surface area (Å²) in [6.45, 7) is 10.5. The maximum Gasteiger partial charge on any atom is 0.252 e. The lowest BCUT2D eigenvalue weighted by Crippen LogP contribution is -2.56. The molecule has 4 rings (SSSR count). The molecule has 4 bridgehead atoms. The van der Waals surface area contributed by atoms with Gasteiger partial charge in [-0.15, -0.1) is 0 Å². The fourth-order valence-electron chi connectivity index (χ4n) is 5.55. The minimum atomic E-state index is -0.560. The molecular weight excluding hydrogens is 280 g/mol. The Hall–Kier alpha value is -0.650. The molecule has 1 N–H and O–H groups in total. The van der Waals surface area contributed by atoms with Crippen LogP contribution in [0.1, 0.15) is 33.1 Å². The van der Waals surface area contributed by atoms with Gasteiger partial charge in [0.2, 0.25) is 0 Å². The minimum absolute atomic E-state index is 0.0215. The zero-order valence-corrected chi connectivity index (χ0v) is 13.8. The maximum absolute atomic E-state index is 12.9. The van der Waals surface area contributed by atoms with Crippen molar-refractivity contribution in [2.75, 3.05) is 46.0 Å². The van der Waals surface area contributed by atoms with Crippen molar-refractivity contribution < 1.29 is 14.3 Å². The second-order valence-electron chi connectivity index (χ2n) is 8.01. The van der Waals surface area contributed by atoms with Crippen LogP contribution in [0.4, 0.5) is 0 Å². The minimum Gasteiger partial charge on any atom is -0.379 e. The molecule has 2 saturated carbocycles. The monoisotopic (exact) mass is 308 g/mol. The Balaban J connectivity index is 1.39. The average Bonchev–Trinajstić information content (AvgIpc) is 3.00. The van der Waals surface area contributed by atoms with E-state index in [1.807, 2.05) is 0 Å². The fraction of sp³-hybridized carbons (Fsp3) is 0.941. The van der Waals surface area contributed by atoms with Crippen molar-refractivity contribution >= 4 is 5.91 Å². The number of amides is 1. The van der Waals surface area contributed by atoms with Gasteiger partial charge in [-0.3, -0.25) is 9.69 Å². The first kappa shape index (κ1) is 14.9. The van der Waals surface area contributed by atoms with Gasteiger partial charge in [-0.2, -0.15) is 0 Å². The normalized spacial score (nSPS) is 47.1. The van der Waals surface area contributed by atoms with Gasteiger partial charge in [0.05, 0.1) is 19.8 Å². The zero-order valence-electron chi connectivity index (χ0n) is 13.8. The first-order valence-electron chi connectivity index (χ1n) is 8.74. The third-order valence-electron chi connectivity index (χ3n) is 7.38. The highest BCUT2D eigenvalue weighted by molar-refractivity contribution is 5.88. The van der Waals surface area contributed by atoms with Crippen LogP contribution in [0.15, 0.2) is 0 Å². The Morgan fingerprint density at radius 2 is 2.09 bits per heavy atom. The molecule has 4 atom stereocenters. The van der Waals surface area contributed by atoms with Gasteiger partial charge in [0.15, 0.2) is 5.60 Å². The molecule has 2 aliphatic heterocycles. The van der Waals surface area contributed by atoms with Crippen LogP contribution in [0.3, 0.4) is 0 Å². The standard InChI is InChI=1S/C17H28N2O3/c1-15-12-22-17(11-13(15)3-4-16(15,17)2)14(20)18-5-6-19-7-9-21-10-8-19/h13H,3-12H2,1-2H3,(H,18,20). The SMILES string of the molecule is CC12COC3(C(=O)NCCN4CCOCC4)CC1CCC32C. The van der Waals surface area contributed by atoms with Crippen molar-refractivity contribution in [3.05, 3.63) is 0 Å². The van der Waals surface area contributed by atoms with Crippen molar-refractivity contribution in [1.29, 1.82) is 0 Å². The molecule has 22 heavy (non-hydrogen) atoms. The van der Waals surface area contributed by atoms with Crippen molar-refractivity contribution in [1.82, 2.24) is 10.2 Å². The van der Waals surface area contributed by atoms with Gasteiger partial charge in [0.25, 0.3) is 5.91 Å². The lowest BCUT2D eigenvalue weighted by Gasteiger charge is -2.40. The van der Waals surface area contributed by atoms with Crippen molar-refractivity contribution in [2.24, 2.45) is 16.7 Å². The highest BCUT2D eigenvalue weighted by Gasteiger charge is 2.78. The van der Waals surface area contributed by atoms with Crippen LogP contribution >= 0.6 is 0 Å². The Labute approximate surface area is 132 Å². The molecule has 4 unspecified atom stereocenters. The first-order valence-corrected chi connectivity index (χ1v) is 8.74. The van der Waals surface area contributed by atoms with Gasteiger partial charge in [-0.1, -0.05) is 13.8 Å². The van der Waals surface area contributed by atoms with E-state index in [0.717, 1.165) is 52.3 Å². The summed E-state index contributed by atoms with van der Waals surface area (Å²) in [6.07, 6.45) is 3.31. The Bertz CT molecular complexity index is 479. The number of nitrogens with zero attached hydrogens (tertiary/aromatic N) is 1. The van der Waals surface area contributed by atoms with Gasteiger partial charge in [0, 0.05) is 37.0 Å². The molecule has 124 valence electrons. The molecule has 0 aromatic carbocycles. The molecule has 0 aromatic heterocycles. The Morgan fingerprint density at radius 1 is 1.32 bits per heavy atom. The molecule has 2 saturated heterocycles. The molecular formula is C17H28N2O3. The predicted octanol–water partition coefficient (Wildman–Crippen LogP) is 1.03. The second-order valence-corrected chi connectivity index (χ2v) is 8.01. The van der Waals surface area contributed by atoms with Crippen LogP contribution in [-0.4, -0.2) is 62.4 Å². The van der Waals surface area contributed by atoms with Crippen LogP contribution in [0, 0.1) is 16.7 Å². The summed E-state index contributed by atoms with van der Waals surface area (Å²) in [4.78, 5) is 15.3. The summed E-state index contributed by atoms with van der Waals surface area (Å²) in [5.41, 5.74) is -0.335. The lowest BCUT2D eigenvalue weighted by molar-refractivity contribution is -0.155. The number of nitrogens with one attached hydrogen (secondary N) is 1. The summed E-state index contributed by atoms with van der Waals surface area (Å²) in [7, 11) is 0. The fourth-order valence-corrected chi connectivity index (χ4v) is 5.55. The summed E-state index contributed by atoms with van der Waals surface area (Å²) in [5.74, 6) is 0.797. The topological polar surface area (TPSA) is 50.8 Å². The smallest absolute Gasteiger partial charge is 0.252 e. The van der Waals surface area contributed by atoms with Crippen molar-refractivity contribution in [3.8, 4) is 0 Å². The van der Waals surface area contributed by atoms with E-state index in [0.29, 0.717) is 12.5 Å². The second kappa shape index (κ2) is 4.92. The molecule has 4 fully saturated rings. The molecule has 0 radical (unpaired) electrons. The van der Waals surface area contributed by atoms with Crippen molar-refractivity contribution in [2.45, 2.75) is 38.7 Å². The van der Waals surface area contributed by atoms with E-state index in [4.69, 9.17) is 9.47 Å². The number of carbonyl (C=O) groups is 1. The van der Waals surface area contributed by atoms with Crippen LogP contribution in [-0.2, 0) is 14.3 Å². The zero-order chi connectivity index (χ0) is 15.4. The maximum atomic E-state index is 12.9. The molecule has 1 amide bonds. The Kier molecular flexibility index (Phi) is 3.34. The van der Waals surface area contributed by atoms with Gasteiger partial charge in [-0.25, -0.2) is 0 Å². The van der Waals surface area contributed by atoms with Gasteiger partial charge < -0.3 is 14.8 Å². The predicted molar refractivity (Wildman–Crippen MR) is 82.5 cm³/mol. The first-order chi connectivity index (χ1) is 10.5. The van der Waals surface area contributed by atoms with Gasteiger partial charge in [-0.05, 0) is 25.2 Å². The summed E-state index contributed by atoms with van der Waals surface area (Å²) in [6, 6.07) is 0. The van der Waals surface area contributed by atoms with Crippen LogP contribution in [0.25, 0.3) is 0 Å². The quantitative estimate of drug-likeness (QED) is 0.843. The van der Waals surface area contributed by atoms with E-state index in [9.17, 15) is 4.79 Å². The Morgan fingerprint density at radius 3 is 2.77 bits per heavy atom. The molecule has 5 nitrogen and oxygen atoms in total. The lowest BCUT2D eigenvalue weighted by atomic mass is 9.66. The molecule has 4 aliphatic rings. The number of hydrogen-bond acceptors (Lipinski definition) is 4. The van der Waals surface area contributed by atoms with E-state index in [-0.39, 0.29) is 16.7 Å². The van der Waals surface area contributed by atoms with E-state index in [1.165, 1.54) is 6.42 Å². The summed E-state index contributed by atoms with van der Waals surface area (Å²) < 4.78 is 11.5. The summed E-state index contributed by atoms with van der Waals surface area (Å²) in [5, 5.41) is 3.17. The van der Waals surface area contributed by atoms with E-state index >= 15 is 0 Å². The van der Waals surface area contributed by atoms with E-state index in [1.54, 1.807) is 0 Å². The van der Waals surface area contributed by atoms with Crippen LogP contribution < -0.4 is 5.32 Å². The third-order valence-corrected chi connectivity index (χ3v) is 7.38. The van der Waals surface area contributed by atoms with Crippen LogP contribution in [0.5, 0.6) is 0 Å². The highest BCUT2D eigenvalue weighted by Crippen LogP contribution is 2.74. The third kappa shape index (κ3) is 1.73. The molecule has 5 heteroatoms. The number of morpholine rings is 1. The summed E-state index contributed by atoms with van der Waals surface area (Å²) >= 11 is 0. The van der Waals surface area contributed by atoms with Crippen molar-refractivity contribution in [3.63, 3.8) is 0 Å². The number of rotatable bonds is 4. The average molecular weight is 308 g/mol. The number of ether oxygens (including phenoxy) is 2. The molecule has 0 spiro atoms. The molecule has 2 aliphatic carbocycles. The largest absolute Gasteiger partial charge is 0.379 e. The highest BCUT2D eigenvalue weighted by atomic mass is 16.5. The van der Waals surface area contributed by atoms with E-state index in [2.05, 4.69) is 24.1 Å². The van der Waals surface area contributed by atoms with Gasteiger partial charge >= 0.3 is 0 Å². The van der Waals surface area contributed by atoms with Crippen LogP contribution in [0.2, 0.25) is 0 Å². The van der Waals surface area contributed by atoms with Gasteiger partial charge in [0.1, 0.15) is 0 Å². The molecule has 2 heterocycles. The number of hydrogen-bond donors (Lipinski definition) is 1. The molecule has 0 aromatic rings. The van der Waals surface area contributed by atoms with E-state index < -0.39 is 5.60 Å².